The summed E-state index contributed by atoms with van der Waals surface area (Å²) >= 11 is 0. The van der Waals surface area contributed by atoms with Crippen molar-refractivity contribution in [3.05, 3.63) is 29.8 Å². The SMILES string of the molecule is CN=C(NCCOCCS(C)(=O)=O)NCCc1ccccc1OC.I. The van der Waals surface area contributed by atoms with Gasteiger partial charge in [-0.05, 0) is 18.1 Å². The molecule has 0 saturated carbocycles. The van der Waals surface area contributed by atoms with Crippen molar-refractivity contribution >= 4 is 39.8 Å². The summed E-state index contributed by atoms with van der Waals surface area (Å²) in [6, 6.07) is 7.90. The minimum absolute atomic E-state index is 0. The van der Waals surface area contributed by atoms with Crippen LogP contribution in [0.3, 0.4) is 0 Å². The molecule has 2 N–H and O–H groups in total. The molecule has 0 heterocycles. The first kappa shape index (κ1) is 23.9. The molecule has 9 heteroatoms. The Balaban J connectivity index is 0.00000576. The molecule has 0 fully saturated rings. The van der Waals surface area contributed by atoms with Crippen molar-refractivity contribution in [2.75, 3.05) is 52.5 Å². The fraction of sp³-hybridized carbons (Fsp3) is 0.562. The highest BCUT2D eigenvalue weighted by molar-refractivity contribution is 14.0. The van der Waals surface area contributed by atoms with Gasteiger partial charge < -0.3 is 20.1 Å². The fourth-order valence-corrected chi connectivity index (χ4v) is 2.42. The van der Waals surface area contributed by atoms with Gasteiger partial charge in [-0.2, -0.15) is 0 Å². The quantitative estimate of drug-likeness (QED) is 0.223. The molecule has 0 aliphatic rings. The van der Waals surface area contributed by atoms with Gasteiger partial charge in [-0.25, -0.2) is 8.42 Å². The van der Waals surface area contributed by atoms with Crippen molar-refractivity contribution in [3.8, 4) is 5.75 Å². The molecule has 1 rings (SSSR count). The molecule has 0 amide bonds. The minimum atomic E-state index is -2.97. The van der Waals surface area contributed by atoms with Gasteiger partial charge in [0.2, 0.25) is 0 Å². The van der Waals surface area contributed by atoms with Crippen molar-refractivity contribution in [2.24, 2.45) is 4.99 Å². The highest BCUT2D eigenvalue weighted by Crippen LogP contribution is 2.17. The number of guanidine groups is 1. The van der Waals surface area contributed by atoms with E-state index in [4.69, 9.17) is 9.47 Å². The molecule has 0 atom stereocenters. The van der Waals surface area contributed by atoms with E-state index < -0.39 is 9.84 Å². The van der Waals surface area contributed by atoms with Crippen LogP contribution in [0, 0.1) is 0 Å². The molecular weight excluding hydrogens is 457 g/mol. The van der Waals surface area contributed by atoms with Crippen molar-refractivity contribution in [2.45, 2.75) is 6.42 Å². The Kier molecular flexibility index (Phi) is 12.6. The Labute approximate surface area is 167 Å². The lowest BCUT2D eigenvalue weighted by atomic mass is 10.1. The van der Waals surface area contributed by atoms with E-state index in [2.05, 4.69) is 15.6 Å². The van der Waals surface area contributed by atoms with Crippen LogP contribution in [0.1, 0.15) is 5.56 Å². The van der Waals surface area contributed by atoms with E-state index in [9.17, 15) is 8.42 Å². The molecule has 0 unspecified atom stereocenters. The average molecular weight is 485 g/mol. The molecule has 7 nitrogen and oxygen atoms in total. The Morgan fingerprint density at radius 3 is 2.48 bits per heavy atom. The number of sulfone groups is 1. The van der Waals surface area contributed by atoms with Crippen LogP contribution < -0.4 is 15.4 Å². The highest BCUT2D eigenvalue weighted by atomic mass is 127. The zero-order valence-corrected chi connectivity index (χ0v) is 18.1. The molecule has 0 radical (unpaired) electrons. The summed E-state index contributed by atoms with van der Waals surface area (Å²) in [6.45, 7) is 1.90. The first-order valence-corrected chi connectivity index (χ1v) is 9.84. The Bertz CT molecular complexity index is 624. The van der Waals surface area contributed by atoms with E-state index >= 15 is 0 Å². The van der Waals surface area contributed by atoms with Crippen LogP contribution in [-0.2, 0) is 21.0 Å². The lowest BCUT2D eigenvalue weighted by molar-refractivity contribution is 0.154. The molecule has 0 aliphatic heterocycles. The van der Waals surface area contributed by atoms with Crippen LogP contribution in [-0.4, -0.2) is 66.8 Å². The van der Waals surface area contributed by atoms with Gasteiger partial charge in [-0.1, -0.05) is 18.2 Å². The molecule has 0 aromatic heterocycles. The second kappa shape index (κ2) is 13.2. The Morgan fingerprint density at radius 2 is 1.84 bits per heavy atom. The number of ether oxygens (including phenoxy) is 2. The van der Waals surface area contributed by atoms with Gasteiger partial charge in [0.25, 0.3) is 0 Å². The average Bonchev–Trinajstić information content (AvgIpc) is 2.55. The summed E-state index contributed by atoms with van der Waals surface area (Å²) in [5.41, 5.74) is 1.13. The smallest absolute Gasteiger partial charge is 0.191 e. The monoisotopic (exact) mass is 485 g/mol. The van der Waals surface area contributed by atoms with E-state index in [0.29, 0.717) is 19.1 Å². The van der Waals surface area contributed by atoms with Crippen molar-refractivity contribution < 1.29 is 17.9 Å². The summed E-state index contributed by atoms with van der Waals surface area (Å²) in [5, 5.41) is 6.33. The van der Waals surface area contributed by atoms with Gasteiger partial charge in [-0.3, -0.25) is 4.99 Å². The van der Waals surface area contributed by atoms with E-state index in [-0.39, 0.29) is 36.3 Å². The van der Waals surface area contributed by atoms with Crippen molar-refractivity contribution in [3.63, 3.8) is 0 Å². The van der Waals surface area contributed by atoms with E-state index in [0.717, 1.165) is 24.3 Å². The Hall–Kier alpha value is -1.07. The third-order valence-corrected chi connectivity index (χ3v) is 4.15. The molecule has 1 aromatic rings. The summed E-state index contributed by atoms with van der Waals surface area (Å²) in [6.07, 6.45) is 2.01. The van der Waals surface area contributed by atoms with Crippen LogP contribution in [0.5, 0.6) is 5.75 Å². The van der Waals surface area contributed by atoms with Crippen molar-refractivity contribution in [1.29, 1.82) is 0 Å². The number of para-hydroxylation sites is 1. The number of nitrogens with one attached hydrogen (secondary N) is 2. The molecular formula is C16H28IN3O4S. The maximum absolute atomic E-state index is 11.0. The van der Waals surface area contributed by atoms with Crippen LogP contribution in [0.4, 0.5) is 0 Å². The second-order valence-corrected chi connectivity index (χ2v) is 7.49. The zero-order valence-electron chi connectivity index (χ0n) is 14.9. The molecule has 0 spiro atoms. The lowest BCUT2D eigenvalue weighted by Crippen LogP contribution is -2.40. The van der Waals surface area contributed by atoms with Gasteiger partial charge in [0, 0.05) is 26.4 Å². The molecule has 25 heavy (non-hydrogen) atoms. The number of aliphatic imine (C=N–C) groups is 1. The van der Waals surface area contributed by atoms with E-state index in [1.54, 1.807) is 14.2 Å². The van der Waals surface area contributed by atoms with Gasteiger partial charge >= 0.3 is 0 Å². The number of benzene rings is 1. The van der Waals surface area contributed by atoms with E-state index in [1.165, 1.54) is 6.26 Å². The third kappa shape index (κ3) is 11.2. The van der Waals surface area contributed by atoms with Gasteiger partial charge in [-0.15, -0.1) is 24.0 Å². The molecule has 0 bridgehead atoms. The minimum Gasteiger partial charge on any atom is -0.496 e. The molecule has 144 valence electrons. The predicted molar refractivity (Wildman–Crippen MR) is 112 cm³/mol. The summed E-state index contributed by atoms with van der Waals surface area (Å²) in [7, 11) is 0.392. The molecule has 0 saturated heterocycles. The lowest BCUT2D eigenvalue weighted by Gasteiger charge is -2.13. The summed E-state index contributed by atoms with van der Waals surface area (Å²) in [5.74, 6) is 1.59. The fourth-order valence-electron chi connectivity index (χ4n) is 2.00. The maximum Gasteiger partial charge on any atom is 0.191 e. The van der Waals surface area contributed by atoms with Crippen LogP contribution in [0.2, 0.25) is 0 Å². The van der Waals surface area contributed by atoms with Crippen molar-refractivity contribution in [1.82, 2.24) is 10.6 Å². The first-order valence-electron chi connectivity index (χ1n) is 7.78. The van der Waals surface area contributed by atoms with Gasteiger partial charge in [0.15, 0.2) is 5.96 Å². The number of nitrogens with zero attached hydrogens (tertiary/aromatic N) is 1. The van der Waals surface area contributed by atoms with Gasteiger partial charge in [0.05, 0.1) is 26.1 Å². The highest BCUT2D eigenvalue weighted by Gasteiger charge is 2.03. The molecule has 0 aliphatic carbocycles. The number of rotatable bonds is 10. The summed E-state index contributed by atoms with van der Waals surface area (Å²) in [4.78, 5) is 4.13. The van der Waals surface area contributed by atoms with Gasteiger partial charge in [0.1, 0.15) is 15.6 Å². The maximum atomic E-state index is 11.0. The number of methoxy groups -OCH3 is 1. The largest absolute Gasteiger partial charge is 0.496 e. The van der Waals surface area contributed by atoms with E-state index in [1.807, 2.05) is 24.3 Å². The molecule has 1 aromatic carbocycles. The Morgan fingerprint density at radius 1 is 1.16 bits per heavy atom. The second-order valence-electron chi connectivity index (χ2n) is 5.23. The predicted octanol–water partition coefficient (Wildman–Crippen LogP) is 1.08. The first-order chi connectivity index (χ1) is 11.5. The van der Waals surface area contributed by atoms with Crippen LogP contribution >= 0.6 is 24.0 Å². The standard InChI is InChI=1S/C16H27N3O4S.HI/c1-17-16(19-10-11-23-12-13-24(3,20)21)18-9-8-14-6-4-5-7-15(14)22-2;/h4-7H,8-13H2,1-3H3,(H2,17,18,19);1H. The third-order valence-electron chi connectivity index (χ3n) is 3.24. The van der Waals surface area contributed by atoms with Crippen LogP contribution in [0.25, 0.3) is 0 Å². The number of hydrogen-bond acceptors (Lipinski definition) is 5. The number of halogens is 1. The van der Waals surface area contributed by atoms with Crippen LogP contribution in [0.15, 0.2) is 29.3 Å². The normalized spacial score (nSPS) is 11.6. The topological polar surface area (TPSA) is 89.0 Å². The zero-order chi connectivity index (χ0) is 17.8. The number of hydrogen-bond donors (Lipinski definition) is 2. The summed E-state index contributed by atoms with van der Waals surface area (Å²) < 4.78 is 32.5.